The van der Waals surface area contributed by atoms with Crippen molar-refractivity contribution in [2.45, 2.75) is 169 Å². The summed E-state index contributed by atoms with van der Waals surface area (Å²) in [6, 6.07) is 0. The first kappa shape index (κ1) is 33.7. The lowest BCUT2D eigenvalue weighted by atomic mass is 10.00. The minimum Gasteiger partial charge on any atom is -0.550 e. The van der Waals surface area contributed by atoms with Crippen molar-refractivity contribution in [2.75, 3.05) is 0 Å². The lowest BCUT2D eigenvalue weighted by Crippen LogP contribution is -2.30. The van der Waals surface area contributed by atoms with E-state index in [9.17, 15) is 9.90 Å². The molecule has 0 aliphatic rings. The monoisotopic (exact) mass is 492 g/mol. The van der Waals surface area contributed by atoms with Crippen molar-refractivity contribution >= 4 is 5.97 Å². The summed E-state index contributed by atoms with van der Waals surface area (Å²) in [5.41, 5.74) is 0. The van der Waals surface area contributed by atoms with Gasteiger partial charge in [0.05, 0.1) is 13.1 Å². The van der Waals surface area contributed by atoms with Crippen molar-refractivity contribution in [3.05, 3.63) is 18.7 Å². The Balaban J connectivity index is 0.000000972. The van der Waals surface area contributed by atoms with Crippen LogP contribution in [0.15, 0.2) is 18.7 Å². The lowest BCUT2D eigenvalue weighted by Gasteiger charge is -2.14. The fourth-order valence-electron chi connectivity index (χ4n) is 4.50. The molecule has 4 nitrogen and oxygen atoms in total. The molecule has 35 heavy (non-hydrogen) atoms. The molecule has 0 aliphatic heterocycles. The van der Waals surface area contributed by atoms with Crippen molar-refractivity contribution in [3.8, 4) is 0 Å². The maximum absolute atomic E-state index is 10.3. The Labute approximate surface area is 218 Å². The predicted octanol–water partition coefficient (Wildman–Crippen LogP) is 8.01. The topological polar surface area (TPSA) is 48.9 Å². The second-order valence-corrected chi connectivity index (χ2v) is 10.4. The SMILES string of the molecule is CCCCC(CC)C(=O)[O-].CCCCCCCCCCn1cc[n+](CCCCCCCCCC)c1. The summed E-state index contributed by atoms with van der Waals surface area (Å²) in [6.07, 6.45) is 32.8. The van der Waals surface area contributed by atoms with Gasteiger partial charge in [0.25, 0.3) is 0 Å². The van der Waals surface area contributed by atoms with E-state index in [2.05, 4.69) is 48.6 Å². The van der Waals surface area contributed by atoms with E-state index in [-0.39, 0.29) is 5.92 Å². The molecule has 0 bridgehead atoms. The van der Waals surface area contributed by atoms with E-state index >= 15 is 0 Å². The average Bonchev–Trinajstić information content (AvgIpc) is 3.31. The van der Waals surface area contributed by atoms with Gasteiger partial charge in [-0.1, -0.05) is 118 Å². The number of carboxylic acid groups (broad SMARTS) is 1. The first-order valence-corrected chi connectivity index (χ1v) is 15.3. The smallest absolute Gasteiger partial charge is 0.243 e. The zero-order valence-corrected chi connectivity index (χ0v) is 24.1. The largest absolute Gasteiger partial charge is 0.550 e. The van der Waals surface area contributed by atoms with Gasteiger partial charge in [-0.25, -0.2) is 9.13 Å². The second kappa shape index (κ2) is 25.8. The van der Waals surface area contributed by atoms with Crippen LogP contribution >= 0.6 is 0 Å². The normalized spacial score (nSPS) is 11.8. The quantitative estimate of drug-likeness (QED) is 0.115. The number of carbonyl (C=O) groups is 1. The van der Waals surface area contributed by atoms with Crippen molar-refractivity contribution in [1.82, 2.24) is 4.57 Å². The number of aliphatic carboxylic acids is 1. The molecular formula is C31H60N2O2. The molecule has 0 saturated carbocycles. The van der Waals surface area contributed by atoms with Crippen LogP contribution in [0.5, 0.6) is 0 Å². The molecule has 4 heteroatoms. The summed E-state index contributed by atoms with van der Waals surface area (Å²) in [4.78, 5) is 10.3. The lowest BCUT2D eigenvalue weighted by molar-refractivity contribution is -0.696. The number of unbranched alkanes of at least 4 members (excludes halogenated alkanes) is 15. The van der Waals surface area contributed by atoms with Crippen LogP contribution < -0.4 is 9.67 Å². The summed E-state index contributed by atoms with van der Waals surface area (Å²) in [7, 11) is 0. The summed E-state index contributed by atoms with van der Waals surface area (Å²) in [5.74, 6) is -1.11. The molecule has 0 aromatic carbocycles. The van der Waals surface area contributed by atoms with Gasteiger partial charge in [0.2, 0.25) is 6.33 Å². The molecule has 206 valence electrons. The highest BCUT2D eigenvalue weighted by Crippen LogP contribution is 2.11. The highest BCUT2D eigenvalue weighted by Gasteiger charge is 2.05. The van der Waals surface area contributed by atoms with Crippen molar-refractivity contribution in [1.29, 1.82) is 0 Å². The first-order chi connectivity index (χ1) is 17.1. The molecule has 1 unspecified atom stereocenters. The molecule has 1 rings (SSSR count). The molecule has 0 fully saturated rings. The van der Waals surface area contributed by atoms with Gasteiger partial charge >= 0.3 is 0 Å². The van der Waals surface area contributed by atoms with E-state index in [1.807, 2.05) is 6.92 Å². The Kier molecular flexibility index (Phi) is 24.8. The molecular weight excluding hydrogens is 432 g/mol. The zero-order chi connectivity index (χ0) is 26.0. The van der Waals surface area contributed by atoms with Gasteiger partial charge in [0, 0.05) is 5.97 Å². The molecule has 0 radical (unpaired) electrons. The Morgan fingerprint density at radius 3 is 1.69 bits per heavy atom. The van der Waals surface area contributed by atoms with E-state index in [0.29, 0.717) is 6.42 Å². The number of rotatable bonds is 23. The number of nitrogens with zero attached hydrogens (tertiary/aromatic N) is 2. The van der Waals surface area contributed by atoms with Crippen LogP contribution in [0.25, 0.3) is 0 Å². The minimum atomic E-state index is -0.893. The Morgan fingerprint density at radius 2 is 1.20 bits per heavy atom. The number of carbonyl (C=O) groups excluding carboxylic acids is 1. The molecule has 1 heterocycles. The molecule has 1 aromatic rings. The van der Waals surface area contributed by atoms with Crippen molar-refractivity contribution in [2.24, 2.45) is 5.92 Å². The third kappa shape index (κ3) is 21.7. The van der Waals surface area contributed by atoms with Crippen LogP contribution in [0.1, 0.15) is 156 Å². The highest BCUT2D eigenvalue weighted by molar-refractivity contribution is 5.67. The third-order valence-corrected chi connectivity index (χ3v) is 7.02. The Morgan fingerprint density at radius 1 is 0.714 bits per heavy atom. The number of carboxylic acids is 1. The van der Waals surface area contributed by atoms with Gasteiger partial charge in [-0.05, 0) is 44.4 Å². The van der Waals surface area contributed by atoms with Crippen LogP contribution in [0.4, 0.5) is 0 Å². The van der Waals surface area contributed by atoms with Crippen LogP contribution in [-0.2, 0) is 17.9 Å². The molecule has 0 aliphatic carbocycles. The van der Waals surface area contributed by atoms with E-state index in [4.69, 9.17) is 0 Å². The summed E-state index contributed by atoms with van der Waals surface area (Å²) < 4.78 is 4.75. The molecule has 1 aromatic heterocycles. The van der Waals surface area contributed by atoms with Crippen LogP contribution in [-0.4, -0.2) is 10.5 Å². The maximum atomic E-state index is 10.3. The summed E-state index contributed by atoms with van der Waals surface area (Å²) in [5, 5.41) is 10.3. The zero-order valence-electron chi connectivity index (χ0n) is 24.1. The van der Waals surface area contributed by atoms with E-state index in [0.717, 1.165) is 19.3 Å². The van der Waals surface area contributed by atoms with E-state index in [1.54, 1.807) is 0 Å². The minimum absolute atomic E-state index is 0.222. The van der Waals surface area contributed by atoms with Crippen molar-refractivity contribution < 1.29 is 14.5 Å². The fraction of sp³-hybridized carbons (Fsp3) is 0.871. The van der Waals surface area contributed by atoms with Gasteiger partial charge in [-0.2, -0.15) is 0 Å². The van der Waals surface area contributed by atoms with Gasteiger partial charge in [-0.3, -0.25) is 0 Å². The van der Waals surface area contributed by atoms with Crippen molar-refractivity contribution in [3.63, 3.8) is 0 Å². The van der Waals surface area contributed by atoms with Gasteiger partial charge in [0.1, 0.15) is 12.4 Å². The van der Waals surface area contributed by atoms with Crippen LogP contribution in [0.2, 0.25) is 0 Å². The number of imidazole rings is 1. The standard InChI is InChI=1S/C23H45N2.C8H16O2/c1-3-5-7-9-11-13-15-17-19-24-21-22-25(23-24)20-18-16-14-12-10-8-6-4-2;1-3-5-6-7(4-2)8(9)10/h21-23H,3-20H2,1-2H3;7H,3-6H2,1-2H3,(H,9,10)/q+1;/p-1. The van der Waals surface area contributed by atoms with E-state index in [1.165, 1.54) is 116 Å². The molecule has 0 N–H and O–H groups in total. The van der Waals surface area contributed by atoms with Gasteiger partial charge in [-0.15, -0.1) is 0 Å². The van der Waals surface area contributed by atoms with Gasteiger partial charge in [0.15, 0.2) is 0 Å². The molecule has 0 saturated heterocycles. The van der Waals surface area contributed by atoms with Gasteiger partial charge < -0.3 is 9.90 Å². The second-order valence-electron chi connectivity index (χ2n) is 10.4. The Hall–Kier alpha value is -1.32. The first-order valence-electron chi connectivity index (χ1n) is 15.3. The molecule has 0 amide bonds. The fourth-order valence-corrected chi connectivity index (χ4v) is 4.50. The highest BCUT2D eigenvalue weighted by atomic mass is 16.4. The van der Waals surface area contributed by atoms with Crippen LogP contribution in [0.3, 0.4) is 0 Å². The molecule has 1 atom stereocenters. The number of aryl methyl sites for hydroxylation is 2. The number of hydrogen-bond acceptors (Lipinski definition) is 2. The maximum Gasteiger partial charge on any atom is 0.243 e. The number of aromatic nitrogens is 2. The van der Waals surface area contributed by atoms with Crippen LogP contribution in [0, 0.1) is 5.92 Å². The number of hydrogen-bond donors (Lipinski definition) is 0. The van der Waals surface area contributed by atoms with E-state index < -0.39 is 5.97 Å². The average molecular weight is 493 g/mol. The summed E-state index contributed by atoms with van der Waals surface area (Å²) >= 11 is 0. The third-order valence-electron chi connectivity index (χ3n) is 7.02. The summed E-state index contributed by atoms with van der Waals surface area (Å²) in [6.45, 7) is 10.9. The Bertz CT molecular complexity index is 536. The predicted molar refractivity (Wildman–Crippen MR) is 148 cm³/mol. The molecule has 0 spiro atoms.